The van der Waals surface area contributed by atoms with Gasteiger partial charge in [0.05, 0.1) is 17.7 Å². The van der Waals surface area contributed by atoms with Crippen LogP contribution in [0.5, 0.6) is 0 Å². The van der Waals surface area contributed by atoms with E-state index in [9.17, 15) is 0 Å². The average molecular weight is 212 g/mol. The highest BCUT2D eigenvalue weighted by atomic mass is 14.9. The molecule has 0 amide bonds. The fourth-order valence-electron chi connectivity index (χ4n) is 1.55. The van der Waals surface area contributed by atoms with Gasteiger partial charge in [0.25, 0.3) is 0 Å². The van der Waals surface area contributed by atoms with Crippen LogP contribution in [0.25, 0.3) is 0 Å². The molecule has 0 heterocycles. The Morgan fingerprint density at radius 1 is 1.44 bits per heavy atom. The standard InChI is InChI=1S/C14H16N2/c1-3-7-14(4-2)16-11-13-9-6-5-8-12(13)10-15/h2,5-6,8-9,14,16H,3,7,11H2,1H3. The third kappa shape index (κ3) is 3.42. The highest BCUT2D eigenvalue weighted by molar-refractivity contribution is 5.37. The summed E-state index contributed by atoms with van der Waals surface area (Å²) in [6.45, 7) is 2.76. The van der Waals surface area contributed by atoms with Crippen LogP contribution in [-0.2, 0) is 6.54 Å². The maximum Gasteiger partial charge on any atom is 0.0995 e. The molecule has 0 spiro atoms. The number of nitrogens with one attached hydrogen (secondary N) is 1. The number of hydrogen-bond acceptors (Lipinski definition) is 2. The van der Waals surface area contributed by atoms with Crippen molar-refractivity contribution in [3.8, 4) is 18.4 Å². The molecule has 1 N–H and O–H groups in total. The third-order valence-electron chi connectivity index (χ3n) is 2.46. The van der Waals surface area contributed by atoms with Gasteiger partial charge in [0.1, 0.15) is 0 Å². The summed E-state index contributed by atoms with van der Waals surface area (Å²) in [4.78, 5) is 0. The normalized spacial score (nSPS) is 11.4. The van der Waals surface area contributed by atoms with Crippen molar-refractivity contribution in [1.82, 2.24) is 5.32 Å². The molecule has 1 atom stereocenters. The van der Waals surface area contributed by atoms with Crippen LogP contribution in [0, 0.1) is 23.7 Å². The highest BCUT2D eigenvalue weighted by Crippen LogP contribution is 2.07. The summed E-state index contributed by atoms with van der Waals surface area (Å²) in [5.74, 6) is 2.72. The van der Waals surface area contributed by atoms with Gasteiger partial charge in [-0.2, -0.15) is 5.26 Å². The van der Waals surface area contributed by atoms with Crippen molar-refractivity contribution < 1.29 is 0 Å². The number of terminal acetylenes is 1. The molecule has 0 aliphatic heterocycles. The van der Waals surface area contributed by atoms with E-state index >= 15 is 0 Å². The molecule has 0 fully saturated rings. The zero-order valence-electron chi connectivity index (χ0n) is 9.53. The van der Waals surface area contributed by atoms with Crippen molar-refractivity contribution in [3.05, 3.63) is 35.4 Å². The fourth-order valence-corrected chi connectivity index (χ4v) is 1.55. The molecule has 2 nitrogen and oxygen atoms in total. The summed E-state index contributed by atoms with van der Waals surface area (Å²) in [5, 5.41) is 12.2. The van der Waals surface area contributed by atoms with E-state index < -0.39 is 0 Å². The number of hydrogen-bond donors (Lipinski definition) is 1. The fraction of sp³-hybridized carbons (Fsp3) is 0.357. The molecule has 1 aromatic rings. The Morgan fingerprint density at radius 3 is 2.81 bits per heavy atom. The Labute approximate surface area is 97.3 Å². The van der Waals surface area contributed by atoms with Crippen molar-refractivity contribution in [2.24, 2.45) is 0 Å². The van der Waals surface area contributed by atoms with Gasteiger partial charge in [-0.1, -0.05) is 37.5 Å². The maximum absolute atomic E-state index is 8.93. The van der Waals surface area contributed by atoms with Crippen molar-refractivity contribution in [2.75, 3.05) is 0 Å². The minimum Gasteiger partial charge on any atom is -0.300 e. The predicted octanol–water partition coefficient (Wildman–Crippen LogP) is 2.45. The summed E-state index contributed by atoms with van der Waals surface area (Å²) < 4.78 is 0. The molecule has 0 radical (unpaired) electrons. The van der Waals surface area contributed by atoms with Crippen LogP contribution < -0.4 is 5.32 Å². The topological polar surface area (TPSA) is 35.8 Å². The van der Waals surface area contributed by atoms with Crippen molar-refractivity contribution >= 4 is 0 Å². The monoisotopic (exact) mass is 212 g/mol. The Bertz CT molecular complexity index is 409. The summed E-state index contributed by atoms with van der Waals surface area (Å²) in [7, 11) is 0. The number of rotatable bonds is 5. The van der Waals surface area contributed by atoms with Gasteiger partial charge in [0, 0.05) is 6.54 Å². The first-order valence-electron chi connectivity index (χ1n) is 5.49. The summed E-state index contributed by atoms with van der Waals surface area (Å²) in [6, 6.07) is 9.84. The minimum atomic E-state index is 0.0942. The Balaban J connectivity index is 2.61. The molecule has 0 aliphatic rings. The van der Waals surface area contributed by atoms with Gasteiger partial charge >= 0.3 is 0 Å². The van der Waals surface area contributed by atoms with E-state index in [-0.39, 0.29) is 6.04 Å². The molecule has 0 saturated heterocycles. The quantitative estimate of drug-likeness (QED) is 0.761. The second-order valence-corrected chi connectivity index (χ2v) is 3.66. The summed E-state index contributed by atoms with van der Waals surface area (Å²) >= 11 is 0. The van der Waals surface area contributed by atoms with E-state index in [0.717, 1.165) is 18.4 Å². The van der Waals surface area contributed by atoms with Crippen LogP contribution >= 0.6 is 0 Å². The van der Waals surface area contributed by atoms with E-state index in [4.69, 9.17) is 11.7 Å². The molecule has 1 unspecified atom stereocenters. The molecule has 1 aromatic carbocycles. The second-order valence-electron chi connectivity index (χ2n) is 3.66. The SMILES string of the molecule is C#CC(CCC)NCc1ccccc1C#N. The van der Waals surface area contributed by atoms with E-state index in [0.29, 0.717) is 12.1 Å². The van der Waals surface area contributed by atoms with Crippen molar-refractivity contribution in [3.63, 3.8) is 0 Å². The van der Waals surface area contributed by atoms with Crippen molar-refractivity contribution in [1.29, 1.82) is 5.26 Å². The van der Waals surface area contributed by atoms with E-state index in [1.165, 1.54) is 0 Å². The molecule has 2 heteroatoms. The molecular weight excluding hydrogens is 196 g/mol. The Kier molecular flexibility index (Phi) is 5.12. The lowest BCUT2D eigenvalue weighted by molar-refractivity contribution is 0.562. The molecule has 0 aromatic heterocycles. The number of nitriles is 1. The van der Waals surface area contributed by atoms with E-state index in [1.807, 2.05) is 24.3 Å². The van der Waals surface area contributed by atoms with Gasteiger partial charge in [0.15, 0.2) is 0 Å². The zero-order valence-corrected chi connectivity index (χ0v) is 9.53. The molecule has 0 saturated carbocycles. The van der Waals surface area contributed by atoms with E-state index in [1.54, 1.807) is 0 Å². The smallest absolute Gasteiger partial charge is 0.0995 e. The van der Waals surface area contributed by atoms with Crippen LogP contribution in [0.2, 0.25) is 0 Å². The first kappa shape index (κ1) is 12.3. The van der Waals surface area contributed by atoms with Crippen LogP contribution in [0.3, 0.4) is 0 Å². The highest BCUT2D eigenvalue weighted by Gasteiger charge is 2.05. The first-order valence-corrected chi connectivity index (χ1v) is 5.49. The Hall–Kier alpha value is -1.77. The van der Waals surface area contributed by atoms with Crippen LogP contribution in [0.15, 0.2) is 24.3 Å². The first-order chi connectivity index (χ1) is 7.81. The van der Waals surface area contributed by atoms with E-state index in [2.05, 4.69) is 24.2 Å². The van der Waals surface area contributed by atoms with Gasteiger partial charge in [0.2, 0.25) is 0 Å². The van der Waals surface area contributed by atoms with Gasteiger partial charge in [-0.15, -0.1) is 6.42 Å². The molecule has 1 rings (SSSR count). The van der Waals surface area contributed by atoms with Crippen LogP contribution in [0.1, 0.15) is 30.9 Å². The lowest BCUT2D eigenvalue weighted by atomic mass is 10.1. The lowest BCUT2D eigenvalue weighted by Crippen LogP contribution is -2.27. The second kappa shape index (κ2) is 6.67. The third-order valence-corrected chi connectivity index (χ3v) is 2.46. The minimum absolute atomic E-state index is 0.0942. The van der Waals surface area contributed by atoms with Gasteiger partial charge in [-0.3, -0.25) is 5.32 Å². The number of nitrogens with zero attached hydrogens (tertiary/aromatic N) is 1. The molecular formula is C14H16N2. The lowest BCUT2D eigenvalue weighted by Gasteiger charge is -2.12. The zero-order chi connectivity index (χ0) is 11.8. The summed E-state index contributed by atoms with van der Waals surface area (Å²) in [6.07, 6.45) is 7.44. The average Bonchev–Trinajstić information content (AvgIpc) is 2.34. The predicted molar refractivity (Wildman–Crippen MR) is 65.5 cm³/mol. The molecule has 16 heavy (non-hydrogen) atoms. The summed E-state index contributed by atoms with van der Waals surface area (Å²) in [5.41, 5.74) is 1.71. The Morgan fingerprint density at radius 2 is 2.19 bits per heavy atom. The van der Waals surface area contributed by atoms with Gasteiger partial charge < -0.3 is 0 Å². The number of benzene rings is 1. The van der Waals surface area contributed by atoms with Crippen molar-refractivity contribution in [2.45, 2.75) is 32.4 Å². The maximum atomic E-state index is 8.93. The van der Waals surface area contributed by atoms with Crippen LogP contribution in [-0.4, -0.2) is 6.04 Å². The van der Waals surface area contributed by atoms with Gasteiger partial charge in [-0.25, -0.2) is 0 Å². The molecule has 0 bridgehead atoms. The van der Waals surface area contributed by atoms with Crippen LogP contribution in [0.4, 0.5) is 0 Å². The molecule has 82 valence electrons. The molecule has 0 aliphatic carbocycles. The van der Waals surface area contributed by atoms with Gasteiger partial charge in [-0.05, 0) is 18.1 Å². The largest absolute Gasteiger partial charge is 0.300 e.